The van der Waals surface area contributed by atoms with Crippen molar-refractivity contribution in [2.75, 3.05) is 46.9 Å². The van der Waals surface area contributed by atoms with Crippen molar-refractivity contribution in [3.05, 3.63) is 65.4 Å². The zero-order valence-corrected chi connectivity index (χ0v) is 39.2. The van der Waals surface area contributed by atoms with E-state index in [2.05, 4.69) is 60.9 Å². The van der Waals surface area contributed by atoms with Crippen LogP contribution in [0.5, 0.6) is 0 Å². The van der Waals surface area contributed by atoms with Crippen LogP contribution in [0.15, 0.2) is 49.2 Å². The number of methoxy groups -OCH3 is 1. The van der Waals surface area contributed by atoms with Crippen LogP contribution in [0.25, 0.3) is 33.5 Å². The number of benzene rings is 1. The molecule has 4 aromatic rings. The van der Waals surface area contributed by atoms with Crippen molar-refractivity contribution in [3.8, 4) is 22.6 Å². The van der Waals surface area contributed by atoms with Gasteiger partial charge in [0.1, 0.15) is 17.1 Å². The molecule has 2 N–H and O–H groups in total. The minimum absolute atomic E-state index is 0.0837. The molecule has 2 aliphatic rings. The lowest BCUT2D eigenvalue weighted by Gasteiger charge is -2.35. The number of likely N-dealkylation sites (N-methyl/N-ethyl adjacent to an activating group) is 1. The summed E-state index contributed by atoms with van der Waals surface area (Å²) >= 11 is 1.17. The highest BCUT2D eigenvalue weighted by Crippen LogP contribution is 2.41. The number of carbonyl (C=O) groups is 5. The summed E-state index contributed by atoms with van der Waals surface area (Å²) in [6.07, 6.45) is 5.64. The number of aryl methyl sites for hydroxylation is 1. The van der Waals surface area contributed by atoms with Crippen molar-refractivity contribution in [2.45, 2.75) is 98.4 Å². The Hall–Kier alpha value is -5.52. The predicted octanol–water partition coefficient (Wildman–Crippen LogP) is 5.36. The van der Waals surface area contributed by atoms with Gasteiger partial charge in [-0.15, -0.1) is 0 Å². The first kappa shape index (κ1) is 47.9. The van der Waals surface area contributed by atoms with E-state index in [1.165, 1.54) is 22.5 Å². The second-order valence-corrected chi connectivity index (χ2v) is 18.7. The van der Waals surface area contributed by atoms with Crippen LogP contribution in [0.3, 0.4) is 0 Å². The molecule has 4 atom stereocenters. The van der Waals surface area contributed by atoms with Crippen LogP contribution in [0.1, 0.15) is 83.2 Å². The van der Waals surface area contributed by atoms with E-state index in [4.69, 9.17) is 23.8 Å². The maximum atomic E-state index is 14.3. The molecule has 344 valence electrons. The molecule has 2 aliphatic heterocycles. The quantitative estimate of drug-likeness (QED) is 0.0914. The van der Waals surface area contributed by atoms with E-state index < -0.39 is 29.3 Å². The standard InChI is InChI=1S/C47H63N9O7S/c1-10-39(58)54-22-18-32(26-54)45(60)53(8)41(29(3)4)44(59)50-36(46(61)56-21-13-12-20-49-56)24-38-51-43(52-64-38)31-16-17-37-34(23-31)35(25-47(6,7)27-63-28-57)42(55(37)11-2)33-15-14-19-48-40(33)30(5)62-9/h10,14-17,19,23,28-30,32,36,41,49H,1,11-13,18,20-22,24-27H2,2-9H3,(H,50,59)/t30-,32-,36-,41-/m0/s1. The Morgan fingerprint density at radius 1 is 1.14 bits per heavy atom. The third kappa shape index (κ3) is 10.5. The minimum atomic E-state index is -0.995. The van der Waals surface area contributed by atoms with Gasteiger partial charge in [-0.2, -0.15) is 4.37 Å². The number of amides is 4. The Kier molecular flexibility index (Phi) is 15.7. The molecule has 16 nitrogen and oxygen atoms in total. The third-order valence-electron chi connectivity index (χ3n) is 12.3. The molecule has 6 rings (SSSR count). The van der Waals surface area contributed by atoms with Crippen LogP contribution < -0.4 is 10.7 Å². The predicted molar refractivity (Wildman–Crippen MR) is 246 cm³/mol. The Morgan fingerprint density at radius 3 is 2.59 bits per heavy atom. The van der Waals surface area contributed by atoms with E-state index in [9.17, 15) is 24.0 Å². The van der Waals surface area contributed by atoms with Crippen LogP contribution in [0.4, 0.5) is 0 Å². The first-order valence-corrected chi connectivity index (χ1v) is 22.9. The molecule has 17 heteroatoms. The minimum Gasteiger partial charge on any atom is -0.467 e. The van der Waals surface area contributed by atoms with E-state index in [0.717, 1.165) is 51.8 Å². The average Bonchev–Trinajstić information content (AvgIpc) is 4.05. The normalized spacial score (nSPS) is 17.0. The number of likely N-dealkylation sites (tertiary alicyclic amines) is 1. The Labute approximate surface area is 379 Å². The van der Waals surface area contributed by atoms with E-state index >= 15 is 0 Å². The molecule has 0 spiro atoms. The number of aromatic nitrogens is 4. The first-order chi connectivity index (χ1) is 30.6. The highest BCUT2D eigenvalue weighted by atomic mass is 32.1. The number of nitrogens with zero attached hydrogens (tertiary/aromatic N) is 7. The van der Waals surface area contributed by atoms with Gasteiger partial charge in [-0.05, 0) is 99.0 Å². The topological polar surface area (TPSA) is 181 Å². The molecule has 64 heavy (non-hydrogen) atoms. The number of hydrogen-bond acceptors (Lipinski definition) is 12. The van der Waals surface area contributed by atoms with Gasteiger partial charge in [0.2, 0.25) is 17.7 Å². The van der Waals surface area contributed by atoms with Crippen molar-refractivity contribution >= 4 is 52.5 Å². The van der Waals surface area contributed by atoms with Crippen molar-refractivity contribution in [1.82, 2.24) is 44.5 Å². The number of ether oxygens (including phenoxy) is 2. The molecular formula is C47H63N9O7S. The van der Waals surface area contributed by atoms with Gasteiger partial charge >= 0.3 is 0 Å². The van der Waals surface area contributed by atoms with Crippen LogP contribution >= 0.6 is 11.5 Å². The van der Waals surface area contributed by atoms with Crippen molar-refractivity contribution in [3.63, 3.8) is 0 Å². The van der Waals surface area contributed by atoms with Crippen molar-refractivity contribution in [2.24, 2.45) is 17.3 Å². The summed E-state index contributed by atoms with van der Waals surface area (Å²) in [6, 6.07) is 8.29. The maximum Gasteiger partial charge on any atom is 0.293 e. The number of hydrazine groups is 1. The fraction of sp³-hybridized carbons (Fsp3) is 0.532. The highest BCUT2D eigenvalue weighted by molar-refractivity contribution is 7.05. The fourth-order valence-corrected chi connectivity index (χ4v) is 9.72. The second-order valence-electron chi connectivity index (χ2n) is 17.9. The van der Waals surface area contributed by atoms with Crippen LogP contribution in [0.2, 0.25) is 0 Å². The van der Waals surface area contributed by atoms with E-state index in [1.807, 2.05) is 32.9 Å². The summed E-state index contributed by atoms with van der Waals surface area (Å²) in [5.74, 6) is -1.45. The zero-order chi connectivity index (χ0) is 46.3. The summed E-state index contributed by atoms with van der Waals surface area (Å²) in [7, 11) is 3.28. The van der Waals surface area contributed by atoms with Gasteiger partial charge < -0.3 is 29.2 Å². The molecule has 0 bridgehead atoms. The average molecular weight is 898 g/mol. The lowest BCUT2D eigenvalue weighted by molar-refractivity contribution is -0.145. The largest absolute Gasteiger partial charge is 0.467 e. The summed E-state index contributed by atoms with van der Waals surface area (Å²) in [5, 5.41) is 6.14. The number of fused-ring (bicyclic) bond motifs is 1. The molecule has 0 unspecified atom stereocenters. The molecule has 1 aromatic carbocycles. The highest BCUT2D eigenvalue weighted by Gasteiger charge is 2.39. The Bertz CT molecular complexity index is 2340. The van der Waals surface area contributed by atoms with E-state index in [1.54, 1.807) is 30.3 Å². The molecule has 0 aliphatic carbocycles. The molecule has 2 saturated heterocycles. The Morgan fingerprint density at radius 2 is 1.92 bits per heavy atom. The van der Waals surface area contributed by atoms with Crippen molar-refractivity contribution < 1.29 is 33.4 Å². The summed E-state index contributed by atoms with van der Waals surface area (Å²) in [5.41, 5.74) is 8.39. The number of nitrogens with one attached hydrogen (secondary N) is 2. The second kappa shape index (κ2) is 21.0. The SMILES string of the molecule is C=CC(=O)N1CC[C@H](C(=O)N(C)[C@H](C(=O)N[C@@H](Cc2nc(-c3ccc4c(c3)c(CC(C)(C)COC=O)c(-c3cccnc3[C@H](C)OC)n4CC)ns2)C(=O)N2CCCCN2)C(C)C)C1. The number of hydrogen-bond donors (Lipinski definition) is 2. The fourth-order valence-electron chi connectivity index (χ4n) is 9.01. The summed E-state index contributed by atoms with van der Waals surface area (Å²) < 4.78 is 18.1. The maximum absolute atomic E-state index is 14.3. The van der Waals surface area contributed by atoms with Crippen molar-refractivity contribution in [1.29, 1.82) is 0 Å². The monoisotopic (exact) mass is 897 g/mol. The molecule has 4 amide bonds. The Balaban J connectivity index is 1.33. The molecule has 0 saturated carbocycles. The molecule has 2 fully saturated rings. The molecule has 0 radical (unpaired) electrons. The van der Waals surface area contributed by atoms with E-state index in [0.29, 0.717) is 56.3 Å². The van der Waals surface area contributed by atoms with Gasteiger partial charge in [-0.3, -0.25) is 34.0 Å². The van der Waals surface area contributed by atoms with Gasteiger partial charge in [0.25, 0.3) is 12.4 Å². The third-order valence-corrected chi connectivity index (χ3v) is 13.0. The van der Waals surface area contributed by atoms with Gasteiger partial charge in [0.05, 0.1) is 30.0 Å². The number of carbonyl (C=O) groups excluding carboxylic acids is 5. The summed E-state index contributed by atoms with van der Waals surface area (Å²) in [6.45, 7) is 18.7. The number of pyridine rings is 1. The van der Waals surface area contributed by atoms with Crippen LogP contribution in [0, 0.1) is 17.3 Å². The van der Waals surface area contributed by atoms with Crippen LogP contribution in [-0.4, -0.2) is 123 Å². The van der Waals surface area contributed by atoms with E-state index in [-0.39, 0.29) is 49.3 Å². The lowest BCUT2D eigenvalue weighted by atomic mass is 9.84. The van der Waals surface area contributed by atoms with Gasteiger partial charge in [0, 0.05) is 86.9 Å². The van der Waals surface area contributed by atoms with Crippen LogP contribution in [-0.2, 0) is 52.8 Å². The molecular weight excluding hydrogens is 835 g/mol. The number of rotatable bonds is 19. The van der Waals surface area contributed by atoms with Gasteiger partial charge in [-0.1, -0.05) is 34.3 Å². The molecule has 3 aromatic heterocycles. The molecule has 5 heterocycles. The first-order valence-electron chi connectivity index (χ1n) is 22.2. The van der Waals surface area contributed by atoms with Gasteiger partial charge in [0.15, 0.2) is 5.82 Å². The zero-order valence-electron chi connectivity index (χ0n) is 38.4. The lowest BCUT2D eigenvalue weighted by Crippen LogP contribution is -2.59. The smallest absolute Gasteiger partial charge is 0.293 e. The summed E-state index contributed by atoms with van der Waals surface area (Å²) in [4.78, 5) is 78.6. The van der Waals surface area contributed by atoms with Gasteiger partial charge in [-0.25, -0.2) is 10.4 Å².